The Bertz CT molecular complexity index is 833. The van der Waals surface area contributed by atoms with E-state index in [1.165, 1.54) is 0 Å². The fourth-order valence-corrected chi connectivity index (χ4v) is 2.68. The van der Waals surface area contributed by atoms with Crippen molar-refractivity contribution in [1.82, 2.24) is 0 Å². The first-order chi connectivity index (χ1) is 10.2. The zero-order chi connectivity index (χ0) is 15.0. The van der Waals surface area contributed by atoms with Gasteiger partial charge in [0.2, 0.25) is 5.52 Å². The van der Waals surface area contributed by atoms with Crippen molar-refractivity contribution in [2.45, 2.75) is 0 Å². The first-order valence-corrected chi connectivity index (χ1v) is 6.70. The van der Waals surface area contributed by atoms with Gasteiger partial charge in [0, 0.05) is 11.5 Å². The summed E-state index contributed by atoms with van der Waals surface area (Å²) in [4.78, 5) is 0. The molecule has 0 unspecified atom stereocenters. The number of halogens is 1. The van der Waals surface area contributed by atoms with Gasteiger partial charge in [-0.1, -0.05) is 0 Å². The molecule has 116 valence electrons. The summed E-state index contributed by atoms with van der Waals surface area (Å²) in [6, 6.07) is 10.1. The van der Waals surface area contributed by atoms with E-state index in [1.54, 1.807) is 21.3 Å². The third-order valence-electron chi connectivity index (χ3n) is 3.76. The van der Waals surface area contributed by atoms with Gasteiger partial charge in [-0.15, -0.1) is 0 Å². The van der Waals surface area contributed by atoms with Gasteiger partial charge in [-0.05, 0) is 24.3 Å². The lowest BCUT2D eigenvalue weighted by molar-refractivity contribution is -0.643. The highest BCUT2D eigenvalue weighted by molar-refractivity contribution is 6.05. The van der Waals surface area contributed by atoms with Crippen LogP contribution >= 0.6 is 0 Å². The number of benzene rings is 2. The van der Waals surface area contributed by atoms with Crippen molar-refractivity contribution in [2.75, 3.05) is 21.3 Å². The Labute approximate surface area is 135 Å². The molecule has 0 aliphatic heterocycles. The lowest BCUT2D eigenvalue weighted by Crippen LogP contribution is -3.00. The summed E-state index contributed by atoms with van der Waals surface area (Å²) in [5.41, 5.74) is 1.13. The number of rotatable bonds is 3. The normalized spacial score (nSPS) is 10.4. The number of ether oxygens (including phenoxy) is 3. The minimum atomic E-state index is 0. The van der Waals surface area contributed by atoms with E-state index in [1.807, 2.05) is 31.3 Å². The Morgan fingerprint density at radius 2 is 1.50 bits per heavy atom. The van der Waals surface area contributed by atoms with E-state index in [0.29, 0.717) is 0 Å². The molecular weight excluding hydrogens is 302 g/mol. The Kier molecular flexibility index (Phi) is 4.62. The van der Waals surface area contributed by atoms with Crippen LogP contribution in [0.4, 0.5) is 0 Å². The van der Waals surface area contributed by atoms with Crippen LogP contribution in [0.2, 0.25) is 0 Å². The largest absolute Gasteiger partial charge is 1.00 e. The molecule has 3 rings (SSSR count). The number of fused-ring (bicyclic) bond motifs is 3. The fourth-order valence-electron chi connectivity index (χ4n) is 2.68. The summed E-state index contributed by atoms with van der Waals surface area (Å²) in [6.45, 7) is 0. The first kappa shape index (κ1) is 16.2. The summed E-state index contributed by atoms with van der Waals surface area (Å²) in [6.07, 6.45) is 2.09. The molecule has 0 aliphatic rings. The highest BCUT2D eigenvalue weighted by Gasteiger charge is 2.15. The topological polar surface area (TPSA) is 31.6 Å². The SMILES string of the molecule is COc1ccc2c(c1)c1cc(OC)c(OC)cc1c[n+]2C.[Cl-]. The minimum Gasteiger partial charge on any atom is -1.00 e. The molecule has 0 N–H and O–H groups in total. The number of pyridine rings is 1. The van der Waals surface area contributed by atoms with Gasteiger partial charge in [-0.2, -0.15) is 0 Å². The van der Waals surface area contributed by atoms with Crippen LogP contribution in [0.5, 0.6) is 17.2 Å². The number of aromatic nitrogens is 1. The molecule has 0 fully saturated rings. The number of methoxy groups -OCH3 is 3. The number of nitrogens with zero attached hydrogens (tertiary/aromatic N) is 1. The number of hydrogen-bond acceptors (Lipinski definition) is 3. The van der Waals surface area contributed by atoms with E-state index in [-0.39, 0.29) is 12.4 Å². The molecule has 1 aromatic heterocycles. The fraction of sp³-hybridized carbons (Fsp3) is 0.235. The van der Waals surface area contributed by atoms with Crippen LogP contribution in [0.25, 0.3) is 21.7 Å². The summed E-state index contributed by atoms with van der Waals surface area (Å²) in [5, 5.41) is 3.32. The smallest absolute Gasteiger partial charge is 0.213 e. The molecule has 4 nitrogen and oxygen atoms in total. The molecule has 0 amide bonds. The average molecular weight is 320 g/mol. The van der Waals surface area contributed by atoms with Gasteiger partial charge in [-0.25, -0.2) is 4.57 Å². The average Bonchev–Trinajstić information content (AvgIpc) is 2.53. The number of hydrogen-bond donors (Lipinski definition) is 0. The van der Waals surface area contributed by atoms with Gasteiger partial charge in [0.1, 0.15) is 12.8 Å². The van der Waals surface area contributed by atoms with Gasteiger partial charge in [0.05, 0.1) is 32.1 Å². The lowest BCUT2D eigenvalue weighted by Gasteiger charge is -2.10. The predicted octanol–water partition coefficient (Wildman–Crippen LogP) is -0.153. The van der Waals surface area contributed by atoms with Crippen molar-refractivity contribution in [2.24, 2.45) is 7.05 Å². The van der Waals surface area contributed by atoms with Gasteiger partial charge in [0.25, 0.3) is 0 Å². The molecule has 3 aromatic rings. The molecule has 0 saturated heterocycles. The zero-order valence-electron chi connectivity index (χ0n) is 13.0. The van der Waals surface area contributed by atoms with Crippen molar-refractivity contribution in [3.63, 3.8) is 0 Å². The third-order valence-corrected chi connectivity index (χ3v) is 3.76. The van der Waals surface area contributed by atoms with E-state index < -0.39 is 0 Å². The summed E-state index contributed by atoms with van der Waals surface area (Å²) in [5.74, 6) is 2.29. The van der Waals surface area contributed by atoms with Crippen LogP contribution in [0, 0.1) is 0 Å². The van der Waals surface area contributed by atoms with Crippen LogP contribution in [-0.4, -0.2) is 21.3 Å². The van der Waals surface area contributed by atoms with Crippen LogP contribution in [0.3, 0.4) is 0 Å². The summed E-state index contributed by atoms with van der Waals surface area (Å²) < 4.78 is 18.2. The predicted molar refractivity (Wildman–Crippen MR) is 82.3 cm³/mol. The maximum absolute atomic E-state index is 5.42. The molecule has 1 heterocycles. The van der Waals surface area contributed by atoms with Crippen molar-refractivity contribution in [3.05, 3.63) is 36.5 Å². The molecule has 0 saturated carbocycles. The van der Waals surface area contributed by atoms with E-state index >= 15 is 0 Å². The Balaban J connectivity index is 0.00000176. The Morgan fingerprint density at radius 1 is 0.818 bits per heavy atom. The lowest BCUT2D eigenvalue weighted by atomic mass is 10.1. The van der Waals surface area contributed by atoms with Crippen LogP contribution in [-0.2, 0) is 7.05 Å². The second kappa shape index (κ2) is 6.28. The Morgan fingerprint density at radius 3 is 2.14 bits per heavy atom. The minimum absolute atomic E-state index is 0. The van der Waals surface area contributed by atoms with Gasteiger partial charge in [0.15, 0.2) is 17.7 Å². The van der Waals surface area contributed by atoms with E-state index in [0.717, 1.165) is 38.9 Å². The van der Waals surface area contributed by atoms with Crippen LogP contribution in [0.1, 0.15) is 0 Å². The maximum Gasteiger partial charge on any atom is 0.213 e. The Hall–Kier alpha value is -2.20. The monoisotopic (exact) mass is 319 g/mol. The van der Waals surface area contributed by atoms with E-state index in [4.69, 9.17) is 14.2 Å². The van der Waals surface area contributed by atoms with E-state index in [2.05, 4.69) is 16.8 Å². The quantitative estimate of drug-likeness (QED) is 0.497. The molecule has 0 spiro atoms. The number of aryl methyl sites for hydroxylation is 1. The standard InChI is InChI=1S/C17H18NO3.ClH/c1-18-10-11-7-16(20-3)17(21-4)9-13(11)14-8-12(19-2)5-6-15(14)18;/h5-10H,1-4H3;1H/q+1;/p-1. The highest BCUT2D eigenvalue weighted by Crippen LogP contribution is 2.35. The van der Waals surface area contributed by atoms with Gasteiger partial charge in [-0.3, -0.25) is 0 Å². The summed E-state index contributed by atoms with van der Waals surface area (Å²) >= 11 is 0. The molecule has 0 atom stereocenters. The second-order valence-electron chi connectivity index (χ2n) is 4.92. The van der Waals surface area contributed by atoms with Gasteiger partial charge >= 0.3 is 0 Å². The maximum atomic E-state index is 5.42. The van der Waals surface area contributed by atoms with Crippen molar-refractivity contribution < 1.29 is 31.2 Å². The second-order valence-corrected chi connectivity index (χ2v) is 4.92. The van der Waals surface area contributed by atoms with Crippen molar-refractivity contribution in [1.29, 1.82) is 0 Å². The molecule has 0 radical (unpaired) electrons. The zero-order valence-corrected chi connectivity index (χ0v) is 13.8. The molecule has 0 bridgehead atoms. The first-order valence-electron chi connectivity index (χ1n) is 6.70. The van der Waals surface area contributed by atoms with Crippen molar-refractivity contribution in [3.8, 4) is 17.2 Å². The molecule has 5 heteroatoms. The van der Waals surface area contributed by atoms with Crippen LogP contribution in [0.15, 0.2) is 36.5 Å². The molecular formula is C17H18ClNO3. The highest BCUT2D eigenvalue weighted by atomic mass is 35.5. The molecule has 2 aromatic carbocycles. The third kappa shape index (κ3) is 2.50. The van der Waals surface area contributed by atoms with E-state index in [9.17, 15) is 0 Å². The van der Waals surface area contributed by atoms with Crippen molar-refractivity contribution >= 4 is 21.7 Å². The van der Waals surface area contributed by atoms with Crippen LogP contribution < -0.4 is 31.2 Å². The molecule has 0 aliphatic carbocycles. The summed E-state index contributed by atoms with van der Waals surface area (Å²) in [7, 11) is 7.00. The molecule has 22 heavy (non-hydrogen) atoms. The van der Waals surface area contributed by atoms with Gasteiger partial charge < -0.3 is 26.6 Å².